The van der Waals surface area contributed by atoms with Gasteiger partial charge in [-0.15, -0.1) is 0 Å². The summed E-state index contributed by atoms with van der Waals surface area (Å²) in [6.45, 7) is 13.3. The number of pyridine rings is 1. The molecule has 1 amide bonds. The largest absolute Gasteiger partial charge is 0.361 e. The molecule has 43 heavy (non-hydrogen) atoms. The third-order valence-electron chi connectivity index (χ3n) is 8.39. The summed E-state index contributed by atoms with van der Waals surface area (Å²) in [6, 6.07) is 6.74. The van der Waals surface area contributed by atoms with E-state index in [2.05, 4.69) is 49.9 Å². The lowest BCUT2D eigenvalue weighted by molar-refractivity contribution is -0.0701. The average Bonchev–Trinajstić information content (AvgIpc) is 3.48. The topological polar surface area (TPSA) is 102 Å². The van der Waals surface area contributed by atoms with Crippen LogP contribution in [0.2, 0.25) is 25.7 Å². The van der Waals surface area contributed by atoms with E-state index < -0.39 is 31.9 Å². The van der Waals surface area contributed by atoms with Gasteiger partial charge in [-0.3, -0.25) is 4.79 Å². The number of hydrogen-bond acceptors (Lipinski definition) is 6. The molecular weight excluding hydrogens is 561 g/mol. The molecule has 2 aliphatic heterocycles. The number of ether oxygens (including phenoxy) is 2. The minimum absolute atomic E-state index is 0.103. The molecule has 1 aliphatic carbocycles. The fourth-order valence-corrected chi connectivity index (χ4v) is 6.50. The quantitative estimate of drug-likeness (QED) is 0.176. The van der Waals surface area contributed by atoms with Crippen LogP contribution < -0.4 is 5.32 Å². The molecule has 2 aromatic heterocycles. The zero-order valence-electron chi connectivity index (χ0n) is 26.1. The third kappa shape index (κ3) is 7.06. The number of fused-ring (bicyclic) bond motifs is 2. The second-order valence-electron chi connectivity index (χ2n) is 14.2. The second kappa shape index (κ2) is 11.6. The van der Waals surface area contributed by atoms with Crippen molar-refractivity contribution < 1.29 is 18.7 Å². The summed E-state index contributed by atoms with van der Waals surface area (Å²) in [5.41, 5.74) is 2.64. The number of imidazole rings is 1. The first-order valence-corrected chi connectivity index (χ1v) is 18.7. The van der Waals surface area contributed by atoms with E-state index in [0.717, 1.165) is 42.1 Å². The number of alkyl halides is 1. The summed E-state index contributed by atoms with van der Waals surface area (Å²) in [4.78, 5) is 23.0. The molecular formula is C33H42FN5O3Si. The number of rotatable bonds is 10. The number of nitrogens with one attached hydrogen (secondary N) is 1. The number of carbonyl (C=O) groups excluding carboxylic acids is 1. The van der Waals surface area contributed by atoms with E-state index in [0.29, 0.717) is 24.4 Å². The molecule has 1 N–H and O–H groups in total. The first kappa shape index (κ1) is 31.0. The molecule has 2 atom stereocenters. The van der Waals surface area contributed by atoms with Gasteiger partial charge in [-0.05, 0) is 67.0 Å². The van der Waals surface area contributed by atoms with Gasteiger partial charge in [-0.2, -0.15) is 5.26 Å². The average molecular weight is 604 g/mol. The molecule has 2 unspecified atom stereocenters. The summed E-state index contributed by atoms with van der Waals surface area (Å²) >= 11 is 0. The minimum Gasteiger partial charge on any atom is -0.361 e. The maximum Gasteiger partial charge on any atom is 0.291 e. The Morgan fingerprint density at radius 3 is 2.67 bits per heavy atom. The molecule has 0 aromatic carbocycles. The van der Waals surface area contributed by atoms with E-state index in [4.69, 9.17) is 14.5 Å². The summed E-state index contributed by atoms with van der Waals surface area (Å²) < 4.78 is 27.6. The van der Waals surface area contributed by atoms with E-state index in [1.165, 1.54) is 0 Å². The number of nitrogens with zero attached hydrogens (tertiary/aromatic N) is 4. The van der Waals surface area contributed by atoms with Gasteiger partial charge in [0.25, 0.3) is 5.91 Å². The molecule has 2 bridgehead atoms. The Morgan fingerprint density at radius 2 is 2.00 bits per heavy atom. The molecule has 0 radical (unpaired) electrons. The third-order valence-corrected chi connectivity index (χ3v) is 10.1. The number of halogens is 1. The van der Waals surface area contributed by atoms with Crippen molar-refractivity contribution >= 4 is 30.8 Å². The van der Waals surface area contributed by atoms with Gasteiger partial charge in [0.15, 0.2) is 5.69 Å². The van der Waals surface area contributed by atoms with E-state index in [1.54, 1.807) is 10.8 Å². The fourth-order valence-electron chi connectivity index (χ4n) is 5.74. The van der Waals surface area contributed by atoms with Crippen LogP contribution in [0.4, 0.5) is 10.1 Å². The zero-order chi connectivity index (χ0) is 31.0. The maximum atomic E-state index is 14.1. The van der Waals surface area contributed by atoms with Crippen LogP contribution in [0.3, 0.4) is 0 Å². The van der Waals surface area contributed by atoms with Crippen molar-refractivity contribution in [3.63, 3.8) is 0 Å². The van der Waals surface area contributed by atoms with Gasteiger partial charge < -0.3 is 19.4 Å². The normalized spacial score (nSPS) is 24.3. The van der Waals surface area contributed by atoms with E-state index in [-0.39, 0.29) is 23.7 Å². The molecule has 228 valence electrons. The Hall–Kier alpha value is -3.39. The van der Waals surface area contributed by atoms with Crippen molar-refractivity contribution in [2.24, 2.45) is 5.41 Å². The van der Waals surface area contributed by atoms with E-state index >= 15 is 0 Å². The van der Waals surface area contributed by atoms with Crippen LogP contribution in [0.5, 0.6) is 0 Å². The van der Waals surface area contributed by atoms with Gasteiger partial charge in [-0.1, -0.05) is 51.7 Å². The summed E-state index contributed by atoms with van der Waals surface area (Å²) in [5, 5.41) is 12.5. The van der Waals surface area contributed by atoms with Crippen LogP contribution in [0.1, 0.15) is 74.2 Å². The van der Waals surface area contributed by atoms with Crippen LogP contribution in [0.15, 0.2) is 42.6 Å². The van der Waals surface area contributed by atoms with Crippen LogP contribution in [-0.4, -0.2) is 53.0 Å². The molecule has 2 aromatic rings. The number of carbonyl (C=O) groups is 1. The second-order valence-corrected chi connectivity index (χ2v) is 19.8. The molecule has 10 heteroatoms. The summed E-state index contributed by atoms with van der Waals surface area (Å²) in [6.07, 6.45) is 12.6. The molecule has 0 saturated heterocycles. The van der Waals surface area contributed by atoms with E-state index in [9.17, 15) is 14.4 Å². The molecule has 5 rings (SSSR count). The van der Waals surface area contributed by atoms with Gasteiger partial charge >= 0.3 is 0 Å². The molecule has 0 saturated carbocycles. The van der Waals surface area contributed by atoms with E-state index in [1.807, 2.05) is 43.4 Å². The Morgan fingerprint density at radius 1 is 1.21 bits per heavy atom. The van der Waals surface area contributed by atoms with Crippen LogP contribution in [0, 0.1) is 16.7 Å². The number of amides is 1. The van der Waals surface area contributed by atoms with Gasteiger partial charge in [0.1, 0.15) is 30.7 Å². The molecule has 3 aliphatic rings. The lowest BCUT2D eigenvalue weighted by Gasteiger charge is -2.36. The molecule has 8 nitrogen and oxygen atoms in total. The van der Waals surface area contributed by atoms with Crippen molar-refractivity contribution in [1.29, 1.82) is 5.26 Å². The van der Waals surface area contributed by atoms with Gasteiger partial charge in [0, 0.05) is 27.3 Å². The van der Waals surface area contributed by atoms with Crippen molar-refractivity contribution in [2.75, 3.05) is 18.6 Å². The molecule has 4 heterocycles. The predicted octanol–water partition coefficient (Wildman–Crippen LogP) is 7.15. The van der Waals surface area contributed by atoms with Gasteiger partial charge in [0.05, 0.1) is 17.1 Å². The highest BCUT2D eigenvalue weighted by molar-refractivity contribution is 6.76. The predicted molar refractivity (Wildman–Crippen MR) is 169 cm³/mol. The van der Waals surface area contributed by atoms with Crippen LogP contribution in [-0.2, 0) is 16.2 Å². The Labute approximate surface area is 254 Å². The highest BCUT2D eigenvalue weighted by Gasteiger charge is 2.46. The van der Waals surface area contributed by atoms with Crippen LogP contribution >= 0.6 is 0 Å². The number of aromatic nitrogens is 3. The molecule has 0 fully saturated rings. The monoisotopic (exact) mass is 603 g/mol. The van der Waals surface area contributed by atoms with Crippen molar-refractivity contribution in [3.05, 3.63) is 65.5 Å². The lowest BCUT2D eigenvalue weighted by Crippen LogP contribution is -2.39. The Balaban J connectivity index is 1.45. The zero-order valence-corrected chi connectivity index (χ0v) is 27.1. The van der Waals surface area contributed by atoms with Gasteiger partial charge in [-0.25, -0.2) is 14.4 Å². The minimum atomic E-state index is -1.27. The highest BCUT2D eigenvalue weighted by atomic mass is 28.3. The Kier molecular flexibility index (Phi) is 8.38. The number of hydrogen-bond donors (Lipinski definition) is 1. The Bertz CT molecular complexity index is 1550. The number of allylic oxidation sites excluding steroid dienone is 2. The van der Waals surface area contributed by atoms with Crippen LogP contribution in [0.25, 0.3) is 11.1 Å². The first-order valence-electron chi connectivity index (χ1n) is 15.0. The molecule has 0 spiro atoms. The highest BCUT2D eigenvalue weighted by Crippen LogP contribution is 2.46. The SMILES string of the molecule is CC1(C)CC=C(c2nc(C3=CC4(C)C=CC(CF)(C3)O4)ccc2NC(=O)c2nc(C#N)cn2COCC[Si](C)(C)C)CC1. The standard InChI is InChI=1S/C33H42FN5O3Si/c1-31(2)11-9-23(10-12-31)28-27(8-7-26(37-28)24-17-32(3)13-14-33(18-24,21-34)42-32)38-30(40)29-36-25(19-35)20-39(29)22-41-15-16-43(4,5)6/h7-9,13-14,17,20H,10-12,15-16,18,21-22H2,1-6H3,(H,38,40). The summed E-state index contributed by atoms with van der Waals surface area (Å²) in [5.74, 6) is -0.342. The summed E-state index contributed by atoms with van der Waals surface area (Å²) in [7, 11) is -1.27. The van der Waals surface area contributed by atoms with Crippen molar-refractivity contribution in [1.82, 2.24) is 14.5 Å². The maximum absolute atomic E-state index is 14.1. The number of nitriles is 1. The fraction of sp³-hybridized carbons (Fsp3) is 0.515. The first-order chi connectivity index (χ1) is 20.2. The van der Waals surface area contributed by atoms with Crippen molar-refractivity contribution in [3.8, 4) is 6.07 Å². The number of anilines is 1. The lowest BCUT2D eigenvalue weighted by atomic mass is 9.77. The van der Waals surface area contributed by atoms with Crippen molar-refractivity contribution in [2.45, 2.75) is 90.1 Å². The van der Waals surface area contributed by atoms with Gasteiger partial charge in [0.2, 0.25) is 5.82 Å². The smallest absolute Gasteiger partial charge is 0.291 e.